The highest BCUT2D eigenvalue weighted by molar-refractivity contribution is 5.60. The number of ether oxygens (including phenoxy) is 9. The average molecular weight is 459 g/mol. The fourth-order valence-electron chi connectivity index (χ4n) is 5.13. The quantitative estimate of drug-likeness (QED) is 0.260. The van der Waals surface area contributed by atoms with Gasteiger partial charge in [0.2, 0.25) is 6.04 Å². The molecule has 0 aromatic carbocycles. The van der Waals surface area contributed by atoms with Gasteiger partial charge in [-0.05, 0) is 41.5 Å². The molecule has 5 heterocycles. The van der Waals surface area contributed by atoms with Crippen molar-refractivity contribution in [3.05, 3.63) is 5.21 Å². The first-order chi connectivity index (χ1) is 14.9. The van der Waals surface area contributed by atoms with E-state index in [4.69, 9.17) is 42.6 Å². The monoisotopic (exact) mass is 459 g/mol. The molecular formula is C21H33NO10. The molecule has 5 aliphatic heterocycles. The second kappa shape index (κ2) is 7.56. The Balaban J connectivity index is 1.39. The van der Waals surface area contributed by atoms with E-state index in [1.807, 2.05) is 27.7 Å². The minimum atomic E-state index is -0.866. The Morgan fingerprint density at radius 2 is 1.44 bits per heavy atom. The summed E-state index contributed by atoms with van der Waals surface area (Å²) < 4.78 is 53.8. The Morgan fingerprint density at radius 1 is 0.812 bits per heavy atom. The number of hydrogen-bond donors (Lipinski definition) is 0. The smallest absolute Gasteiger partial charge is 0.222 e. The molecular weight excluding hydrogens is 426 g/mol. The van der Waals surface area contributed by atoms with Crippen LogP contribution in [0.25, 0.3) is 0 Å². The maximum Gasteiger partial charge on any atom is 0.222 e. The summed E-state index contributed by atoms with van der Waals surface area (Å²) >= 11 is 0. The molecule has 0 spiro atoms. The van der Waals surface area contributed by atoms with Gasteiger partial charge in [-0.2, -0.15) is 0 Å². The summed E-state index contributed by atoms with van der Waals surface area (Å²) in [6.07, 6.45) is -3.16. The molecule has 0 aromatic rings. The highest BCUT2D eigenvalue weighted by atomic mass is 16.9. The van der Waals surface area contributed by atoms with Crippen LogP contribution in [0.3, 0.4) is 0 Å². The van der Waals surface area contributed by atoms with Crippen molar-refractivity contribution in [1.82, 2.24) is 0 Å². The third kappa shape index (κ3) is 3.97. The summed E-state index contributed by atoms with van der Waals surface area (Å²) in [5.74, 6) is -2.41. The fraction of sp³-hybridized carbons (Fsp3) is 0.952. The van der Waals surface area contributed by atoms with E-state index in [0.717, 1.165) is 4.74 Å². The van der Waals surface area contributed by atoms with Gasteiger partial charge in [-0.1, -0.05) is 0 Å². The molecule has 0 saturated carbocycles. The molecule has 0 aromatic heterocycles. The Labute approximate surface area is 187 Å². The van der Waals surface area contributed by atoms with Crippen molar-refractivity contribution in [2.45, 2.75) is 114 Å². The zero-order chi connectivity index (χ0) is 23.1. The molecule has 0 bridgehead atoms. The van der Waals surface area contributed by atoms with Crippen molar-refractivity contribution in [2.24, 2.45) is 0 Å². The molecule has 11 heteroatoms. The predicted octanol–water partition coefficient (Wildman–Crippen LogP) is 0.855. The van der Waals surface area contributed by atoms with E-state index >= 15 is 0 Å². The number of hydrogen-bond acceptors (Lipinski definition) is 10. The van der Waals surface area contributed by atoms with Gasteiger partial charge in [0, 0.05) is 7.11 Å². The first kappa shape index (κ1) is 22.9. The van der Waals surface area contributed by atoms with Gasteiger partial charge in [0.15, 0.2) is 54.5 Å². The zero-order valence-electron chi connectivity index (χ0n) is 19.5. The third-order valence-corrected chi connectivity index (χ3v) is 6.34. The second-order valence-corrected chi connectivity index (χ2v) is 10.2. The van der Waals surface area contributed by atoms with Gasteiger partial charge in [0.05, 0.1) is 6.61 Å². The van der Waals surface area contributed by atoms with E-state index in [1.54, 1.807) is 21.0 Å². The molecule has 5 aliphatic rings. The summed E-state index contributed by atoms with van der Waals surface area (Å²) in [4.78, 5) is 0. The lowest BCUT2D eigenvalue weighted by molar-refractivity contribution is -0.520. The van der Waals surface area contributed by atoms with E-state index in [1.165, 1.54) is 6.21 Å². The van der Waals surface area contributed by atoms with Crippen LogP contribution in [0.15, 0.2) is 0 Å². The molecule has 32 heavy (non-hydrogen) atoms. The summed E-state index contributed by atoms with van der Waals surface area (Å²) in [6, 6.07) is -0.732. The Morgan fingerprint density at radius 3 is 2.03 bits per heavy atom. The Kier molecular flexibility index (Phi) is 5.40. The second-order valence-electron chi connectivity index (χ2n) is 10.2. The molecule has 0 aliphatic carbocycles. The number of hydroxylamine groups is 1. The van der Waals surface area contributed by atoms with Crippen LogP contribution in [0.4, 0.5) is 0 Å². The highest BCUT2D eigenvalue weighted by Gasteiger charge is 2.63. The molecule has 5 rings (SSSR count). The van der Waals surface area contributed by atoms with Crippen LogP contribution in [-0.2, 0) is 42.6 Å². The van der Waals surface area contributed by atoms with Crippen LogP contribution >= 0.6 is 0 Å². The molecule has 182 valence electrons. The Bertz CT molecular complexity index is 770. The standard InChI is InChI=1S/C21H33NO10/c1-19(2)25-9-11(28-19)13-12(15-17(27-13)31-20(3,4)29-15)22(23)8-10-14(24-7)16-18(26-10)32-21(5,6)30-16/h8,10-18H,9H2,1-7H3/b22-8-. The number of rotatable bonds is 4. The molecule has 0 radical (unpaired) electrons. The first-order valence-corrected chi connectivity index (χ1v) is 11.1. The Hall–Kier alpha value is -0.890. The summed E-state index contributed by atoms with van der Waals surface area (Å²) in [5, 5.41) is 13.5. The first-order valence-electron chi connectivity index (χ1n) is 11.1. The van der Waals surface area contributed by atoms with Gasteiger partial charge in [0.1, 0.15) is 18.3 Å². The minimum absolute atomic E-state index is 0.298. The molecule has 9 unspecified atom stereocenters. The zero-order valence-corrected chi connectivity index (χ0v) is 19.5. The van der Waals surface area contributed by atoms with Crippen molar-refractivity contribution in [2.75, 3.05) is 13.7 Å². The summed E-state index contributed by atoms with van der Waals surface area (Å²) in [6.45, 7) is 11.1. The molecule has 0 amide bonds. The van der Waals surface area contributed by atoms with E-state index in [2.05, 4.69) is 0 Å². The number of methoxy groups -OCH3 is 1. The average Bonchev–Trinajstić information content (AvgIpc) is 3.39. The largest absolute Gasteiger partial charge is 0.624 e. The van der Waals surface area contributed by atoms with Crippen molar-refractivity contribution in [3.8, 4) is 0 Å². The van der Waals surface area contributed by atoms with E-state index in [-0.39, 0.29) is 0 Å². The molecule has 9 atom stereocenters. The lowest BCUT2D eigenvalue weighted by Gasteiger charge is -2.28. The van der Waals surface area contributed by atoms with Crippen LogP contribution in [0.2, 0.25) is 0 Å². The highest BCUT2D eigenvalue weighted by Crippen LogP contribution is 2.42. The van der Waals surface area contributed by atoms with Crippen molar-refractivity contribution in [1.29, 1.82) is 0 Å². The predicted molar refractivity (Wildman–Crippen MR) is 107 cm³/mol. The molecule has 5 saturated heterocycles. The van der Waals surface area contributed by atoms with Gasteiger partial charge in [0.25, 0.3) is 0 Å². The van der Waals surface area contributed by atoms with Crippen LogP contribution in [0, 0.1) is 5.21 Å². The fourth-order valence-corrected chi connectivity index (χ4v) is 5.13. The molecule has 5 fully saturated rings. The summed E-state index contributed by atoms with van der Waals surface area (Å²) in [7, 11) is 1.56. The summed E-state index contributed by atoms with van der Waals surface area (Å²) in [5.41, 5.74) is 0. The molecule has 0 N–H and O–H groups in total. The van der Waals surface area contributed by atoms with Crippen molar-refractivity contribution in [3.63, 3.8) is 0 Å². The van der Waals surface area contributed by atoms with Crippen molar-refractivity contribution < 1.29 is 47.4 Å². The van der Waals surface area contributed by atoms with Crippen LogP contribution < -0.4 is 0 Å². The number of nitrogens with zero attached hydrogens (tertiary/aromatic N) is 1. The lowest BCUT2D eigenvalue weighted by atomic mass is 10.0. The normalized spacial score (nSPS) is 48.8. The van der Waals surface area contributed by atoms with Gasteiger partial charge in [-0.15, -0.1) is 0 Å². The maximum atomic E-state index is 13.5. The van der Waals surface area contributed by atoms with Crippen LogP contribution in [-0.4, -0.2) is 97.3 Å². The van der Waals surface area contributed by atoms with Gasteiger partial charge >= 0.3 is 0 Å². The van der Waals surface area contributed by atoms with E-state index < -0.39 is 72.6 Å². The third-order valence-electron chi connectivity index (χ3n) is 6.34. The SMILES string of the molecule is COC1C(/C=[N+](\[O-])C2C(C3COC(C)(C)O3)OC3OC(C)(C)OC32)OC2OC(C)(C)OC21. The van der Waals surface area contributed by atoms with Gasteiger partial charge in [-0.3, -0.25) is 0 Å². The van der Waals surface area contributed by atoms with Crippen LogP contribution in [0.1, 0.15) is 41.5 Å². The minimum Gasteiger partial charge on any atom is -0.624 e. The van der Waals surface area contributed by atoms with E-state index in [0.29, 0.717) is 6.61 Å². The van der Waals surface area contributed by atoms with Gasteiger partial charge in [-0.25, -0.2) is 4.74 Å². The lowest BCUT2D eigenvalue weighted by Crippen LogP contribution is -2.49. The van der Waals surface area contributed by atoms with Gasteiger partial charge < -0.3 is 47.8 Å². The van der Waals surface area contributed by atoms with Crippen molar-refractivity contribution >= 4 is 6.21 Å². The topological polar surface area (TPSA) is 109 Å². The van der Waals surface area contributed by atoms with Crippen LogP contribution in [0.5, 0.6) is 0 Å². The van der Waals surface area contributed by atoms with E-state index in [9.17, 15) is 5.21 Å². The maximum absolute atomic E-state index is 13.5. The number of fused-ring (bicyclic) bond motifs is 2. The molecule has 11 nitrogen and oxygen atoms in total.